The summed E-state index contributed by atoms with van der Waals surface area (Å²) in [5.74, 6) is 2.93. The van der Waals surface area contributed by atoms with Crippen LogP contribution in [-0.4, -0.2) is 26.5 Å². The second kappa shape index (κ2) is 4.07. The Morgan fingerprint density at radius 1 is 1.56 bits per heavy atom. The minimum absolute atomic E-state index is 0.488. The minimum Gasteiger partial charge on any atom is -0.344 e. The van der Waals surface area contributed by atoms with Crippen molar-refractivity contribution in [3.63, 3.8) is 0 Å². The summed E-state index contributed by atoms with van der Waals surface area (Å²) in [5, 5.41) is 0. The third kappa shape index (κ3) is 1.60. The van der Waals surface area contributed by atoms with E-state index in [1.165, 1.54) is 12.2 Å². The highest BCUT2D eigenvalue weighted by molar-refractivity contribution is 7.99. The van der Waals surface area contributed by atoms with Crippen LogP contribution in [0.1, 0.15) is 23.7 Å². The van der Waals surface area contributed by atoms with Gasteiger partial charge in [0, 0.05) is 18.2 Å². The number of nitrogens with two attached hydrogens (primary N) is 1. The lowest BCUT2D eigenvalue weighted by atomic mass is 10.0. The molecule has 1 atom stereocenters. The molecule has 16 heavy (non-hydrogen) atoms. The van der Waals surface area contributed by atoms with E-state index >= 15 is 0 Å². The largest absolute Gasteiger partial charge is 0.344 e. The Bertz CT molecular complexity index is 502. The third-order valence-corrected chi connectivity index (χ3v) is 4.17. The van der Waals surface area contributed by atoms with Gasteiger partial charge in [-0.2, -0.15) is 11.8 Å². The number of nitrogens with zero attached hydrogens (tertiary/aromatic N) is 2. The van der Waals surface area contributed by atoms with E-state index in [0.29, 0.717) is 12.5 Å². The van der Waals surface area contributed by atoms with Crippen LogP contribution in [0.5, 0.6) is 0 Å². The van der Waals surface area contributed by atoms with Gasteiger partial charge in [-0.05, 0) is 18.2 Å². The molecule has 0 radical (unpaired) electrons. The van der Waals surface area contributed by atoms with Crippen LogP contribution < -0.4 is 5.73 Å². The van der Waals surface area contributed by atoms with Gasteiger partial charge in [-0.3, -0.25) is 4.98 Å². The van der Waals surface area contributed by atoms with Gasteiger partial charge in [-0.1, -0.05) is 0 Å². The molecule has 0 bridgehead atoms. The Kier molecular flexibility index (Phi) is 2.57. The molecular formula is C11H14N4S. The molecule has 3 heterocycles. The molecule has 1 aliphatic rings. The molecular weight excluding hydrogens is 220 g/mol. The second-order valence-electron chi connectivity index (χ2n) is 4.06. The Morgan fingerprint density at radius 2 is 2.50 bits per heavy atom. The molecule has 2 aromatic heterocycles. The van der Waals surface area contributed by atoms with Crippen molar-refractivity contribution in [3.8, 4) is 0 Å². The lowest BCUT2D eigenvalue weighted by molar-refractivity contribution is 0.749. The lowest BCUT2D eigenvalue weighted by Crippen LogP contribution is -2.06. The van der Waals surface area contributed by atoms with Crippen LogP contribution >= 0.6 is 11.8 Å². The number of imidazole rings is 1. The number of thioether (sulfide) groups is 1. The number of H-pyrrole nitrogens is 1. The zero-order chi connectivity index (χ0) is 11.0. The van der Waals surface area contributed by atoms with Crippen LogP contribution in [-0.2, 0) is 6.54 Å². The van der Waals surface area contributed by atoms with E-state index in [-0.39, 0.29) is 0 Å². The summed E-state index contributed by atoms with van der Waals surface area (Å²) < 4.78 is 0. The van der Waals surface area contributed by atoms with Gasteiger partial charge in [0.25, 0.3) is 0 Å². The standard InChI is InChI=1S/C11H14N4S/c12-4-8-3-9-11(14-6-13-9)10(15-8)7-1-2-16-5-7/h3,6-7H,1-2,4-5,12H2,(H,13,14). The lowest BCUT2D eigenvalue weighted by Gasteiger charge is -2.10. The number of aromatic nitrogens is 3. The molecule has 0 aliphatic carbocycles. The summed E-state index contributed by atoms with van der Waals surface area (Å²) in [4.78, 5) is 12.2. The average Bonchev–Trinajstić information content (AvgIpc) is 2.98. The van der Waals surface area contributed by atoms with E-state index in [4.69, 9.17) is 5.73 Å². The Labute approximate surface area is 98.0 Å². The summed E-state index contributed by atoms with van der Waals surface area (Å²) in [6, 6.07) is 1.99. The van der Waals surface area contributed by atoms with Gasteiger partial charge < -0.3 is 10.7 Å². The maximum Gasteiger partial charge on any atom is 0.110 e. The van der Waals surface area contributed by atoms with Crippen molar-refractivity contribution in [1.29, 1.82) is 0 Å². The van der Waals surface area contributed by atoms with E-state index in [9.17, 15) is 0 Å². The molecule has 1 aliphatic heterocycles. The minimum atomic E-state index is 0.488. The topological polar surface area (TPSA) is 67.6 Å². The zero-order valence-corrected chi connectivity index (χ0v) is 9.76. The molecule has 0 saturated carbocycles. The van der Waals surface area contributed by atoms with E-state index < -0.39 is 0 Å². The number of nitrogens with one attached hydrogen (secondary N) is 1. The van der Waals surface area contributed by atoms with Gasteiger partial charge in [0.2, 0.25) is 0 Å². The number of rotatable bonds is 2. The first-order valence-corrected chi connectivity index (χ1v) is 6.64. The summed E-state index contributed by atoms with van der Waals surface area (Å²) in [5.41, 5.74) is 9.83. The first-order chi connectivity index (χ1) is 7.88. The second-order valence-corrected chi connectivity index (χ2v) is 5.21. The molecule has 1 saturated heterocycles. The number of hydrogen-bond donors (Lipinski definition) is 2. The molecule has 0 spiro atoms. The molecule has 84 valence electrons. The van der Waals surface area contributed by atoms with Crippen LogP contribution in [0.4, 0.5) is 0 Å². The molecule has 5 heteroatoms. The molecule has 0 aromatic carbocycles. The maximum absolute atomic E-state index is 5.68. The van der Waals surface area contributed by atoms with Crippen LogP contribution in [0.25, 0.3) is 11.0 Å². The fraction of sp³-hybridized carbons (Fsp3) is 0.455. The van der Waals surface area contributed by atoms with Crippen LogP contribution in [0.15, 0.2) is 12.4 Å². The van der Waals surface area contributed by atoms with Crippen LogP contribution in [0.3, 0.4) is 0 Å². The number of aromatic amines is 1. The molecule has 3 rings (SSSR count). The van der Waals surface area contributed by atoms with E-state index in [1.54, 1.807) is 6.33 Å². The van der Waals surface area contributed by atoms with Gasteiger partial charge in [-0.25, -0.2) is 4.98 Å². The van der Waals surface area contributed by atoms with Crippen molar-refractivity contribution in [1.82, 2.24) is 15.0 Å². The van der Waals surface area contributed by atoms with Crippen molar-refractivity contribution >= 4 is 22.8 Å². The van der Waals surface area contributed by atoms with Crippen molar-refractivity contribution in [2.45, 2.75) is 18.9 Å². The van der Waals surface area contributed by atoms with Gasteiger partial charge in [0.1, 0.15) is 5.52 Å². The maximum atomic E-state index is 5.68. The van der Waals surface area contributed by atoms with Crippen molar-refractivity contribution < 1.29 is 0 Å². The van der Waals surface area contributed by atoms with E-state index in [1.807, 2.05) is 17.8 Å². The number of fused-ring (bicyclic) bond motifs is 1. The molecule has 1 unspecified atom stereocenters. The molecule has 3 N–H and O–H groups in total. The van der Waals surface area contributed by atoms with E-state index in [0.717, 1.165) is 28.2 Å². The van der Waals surface area contributed by atoms with Gasteiger partial charge in [0.15, 0.2) is 0 Å². The number of hydrogen-bond acceptors (Lipinski definition) is 4. The first-order valence-electron chi connectivity index (χ1n) is 5.49. The highest BCUT2D eigenvalue weighted by atomic mass is 32.2. The zero-order valence-electron chi connectivity index (χ0n) is 8.94. The van der Waals surface area contributed by atoms with Gasteiger partial charge in [0.05, 0.1) is 23.2 Å². The van der Waals surface area contributed by atoms with Crippen LogP contribution in [0.2, 0.25) is 0 Å². The molecule has 1 fully saturated rings. The molecule has 4 nitrogen and oxygen atoms in total. The molecule has 2 aromatic rings. The highest BCUT2D eigenvalue weighted by Gasteiger charge is 2.22. The Balaban J connectivity index is 2.15. The SMILES string of the molecule is NCc1cc2[nH]cnc2c(C2CCSC2)n1. The Hall–Kier alpha value is -1.07. The van der Waals surface area contributed by atoms with Gasteiger partial charge in [-0.15, -0.1) is 0 Å². The smallest absolute Gasteiger partial charge is 0.110 e. The normalized spacial score (nSPS) is 20.7. The van der Waals surface area contributed by atoms with Crippen molar-refractivity contribution in [2.75, 3.05) is 11.5 Å². The fourth-order valence-electron chi connectivity index (χ4n) is 2.16. The Morgan fingerprint density at radius 3 is 3.25 bits per heavy atom. The quantitative estimate of drug-likeness (QED) is 0.829. The summed E-state index contributed by atoms with van der Waals surface area (Å²) in [6.45, 7) is 0.488. The third-order valence-electron chi connectivity index (χ3n) is 3.01. The van der Waals surface area contributed by atoms with Gasteiger partial charge >= 0.3 is 0 Å². The van der Waals surface area contributed by atoms with Crippen LogP contribution in [0, 0.1) is 0 Å². The molecule has 0 amide bonds. The van der Waals surface area contributed by atoms with Crippen molar-refractivity contribution in [2.24, 2.45) is 5.73 Å². The fourth-order valence-corrected chi connectivity index (χ4v) is 3.39. The number of pyridine rings is 1. The first kappa shape index (κ1) is 10.1. The predicted octanol–water partition coefficient (Wildman–Crippen LogP) is 1.64. The average molecular weight is 234 g/mol. The predicted molar refractivity (Wildman–Crippen MR) is 66.5 cm³/mol. The summed E-state index contributed by atoms with van der Waals surface area (Å²) in [6.07, 6.45) is 2.94. The monoisotopic (exact) mass is 234 g/mol. The summed E-state index contributed by atoms with van der Waals surface area (Å²) >= 11 is 1.99. The highest BCUT2D eigenvalue weighted by Crippen LogP contribution is 2.34. The van der Waals surface area contributed by atoms with E-state index in [2.05, 4.69) is 15.0 Å². The van der Waals surface area contributed by atoms with Crippen molar-refractivity contribution in [3.05, 3.63) is 23.8 Å². The summed E-state index contributed by atoms with van der Waals surface area (Å²) in [7, 11) is 0.